The maximum absolute atomic E-state index is 8.97. The molecule has 4 heteroatoms. The molecule has 2 N–H and O–H groups in total. The average Bonchev–Trinajstić information content (AvgIpc) is 1.86. The van der Waals surface area contributed by atoms with E-state index in [0.29, 0.717) is 12.3 Å². The van der Waals surface area contributed by atoms with Crippen molar-refractivity contribution in [2.75, 3.05) is 12.3 Å². The fourth-order valence-corrected chi connectivity index (χ4v) is 1.91. The summed E-state index contributed by atoms with van der Waals surface area (Å²) in [5, 5.41) is 0. The highest BCUT2D eigenvalue weighted by atomic mass is 32.3. The second-order valence-corrected chi connectivity index (χ2v) is 4.08. The minimum Gasteiger partial charge on any atom is -0.285 e. The van der Waals surface area contributed by atoms with Crippen LogP contribution < -0.4 is 0 Å². The van der Waals surface area contributed by atoms with Crippen LogP contribution in [0, 0.1) is 7.05 Å². The van der Waals surface area contributed by atoms with Gasteiger partial charge in [-0.2, -0.15) is 0 Å². The van der Waals surface area contributed by atoms with Crippen LogP contribution in [0.4, 0.5) is 0 Å². The quantitative estimate of drug-likeness (QED) is 0.525. The minimum atomic E-state index is -2.40. The lowest BCUT2D eigenvalue weighted by Gasteiger charge is -2.33. The van der Waals surface area contributed by atoms with Crippen molar-refractivity contribution in [3.05, 3.63) is 7.05 Å². The molecule has 1 aliphatic heterocycles. The number of hydrogen-bond acceptors (Lipinski definition) is 3. The summed E-state index contributed by atoms with van der Waals surface area (Å²) in [6, 6.07) is 0. The molecule has 0 amide bonds. The molecular formula is C4H10NO2S. The van der Waals surface area contributed by atoms with Gasteiger partial charge in [-0.05, 0) is 6.42 Å². The monoisotopic (exact) mass is 136 g/mol. The number of hydrogen-bond donors (Lipinski definition) is 2. The summed E-state index contributed by atoms with van der Waals surface area (Å²) in [5.41, 5.74) is 0. The number of rotatable bonds is 0. The molecule has 1 aliphatic rings. The second-order valence-electron chi connectivity index (χ2n) is 1.90. The Morgan fingerprint density at radius 2 is 2.12 bits per heavy atom. The second kappa shape index (κ2) is 1.88. The molecule has 1 rings (SSSR count). The van der Waals surface area contributed by atoms with Crippen molar-refractivity contribution in [2.45, 2.75) is 6.42 Å². The molecule has 49 valence electrons. The Morgan fingerprint density at radius 3 is 2.25 bits per heavy atom. The van der Waals surface area contributed by atoms with Crippen molar-refractivity contribution in [1.82, 2.24) is 4.31 Å². The van der Waals surface area contributed by atoms with Crippen LogP contribution in [-0.4, -0.2) is 25.7 Å². The van der Waals surface area contributed by atoms with Gasteiger partial charge in [0, 0.05) is 13.6 Å². The summed E-state index contributed by atoms with van der Waals surface area (Å²) < 4.78 is 19.3. The highest BCUT2D eigenvalue weighted by molar-refractivity contribution is 8.22. The Hall–Kier alpha value is 0.230. The van der Waals surface area contributed by atoms with E-state index in [1.807, 2.05) is 0 Å². The van der Waals surface area contributed by atoms with E-state index in [1.54, 1.807) is 0 Å². The Bertz CT molecular complexity index is 96.0. The number of nitrogens with zero attached hydrogens (tertiary/aromatic N) is 1. The largest absolute Gasteiger partial charge is 0.285 e. The molecule has 0 saturated carbocycles. The molecule has 0 aromatic rings. The Labute approximate surface area is 50.8 Å². The summed E-state index contributed by atoms with van der Waals surface area (Å²) in [6.45, 7) is 0.711. The average molecular weight is 136 g/mol. The summed E-state index contributed by atoms with van der Waals surface area (Å²) in [6.07, 6.45) is 0.853. The van der Waals surface area contributed by atoms with Crippen LogP contribution in [0.2, 0.25) is 0 Å². The normalized spacial score (nSPS) is 32.9. The zero-order valence-corrected chi connectivity index (χ0v) is 5.39. The highest BCUT2D eigenvalue weighted by Crippen LogP contribution is 2.47. The van der Waals surface area contributed by atoms with Gasteiger partial charge < -0.3 is 0 Å². The smallest absolute Gasteiger partial charge is 0.0543 e. The van der Waals surface area contributed by atoms with E-state index in [2.05, 4.69) is 7.05 Å². The third kappa shape index (κ3) is 0.974. The summed E-state index contributed by atoms with van der Waals surface area (Å²) in [5.74, 6) is 0.497. The topological polar surface area (TPSA) is 43.7 Å². The maximum atomic E-state index is 8.97. The molecule has 0 spiro atoms. The van der Waals surface area contributed by atoms with E-state index in [1.165, 1.54) is 4.31 Å². The first-order valence-electron chi connectivity index (χ1n) is 2.47. The molecule has 1 saturated heterocycles. The van der Waals surface area contributed by atoms with Gasteiger partial charge in [0.05, 0.1) is 5.75 Å². The summed E-state index contributed by atoms with van der Waals surface area (Å²) in [4.78, 5) is 0. The predicted octanol–water partition coefficient (Wildman–Crippen LogP) is 1.15. The van der Waals surface area contributed by atoms with E-state index >= 15 is 0 Å². The van der Waals surface area contributed by atoms with Crippen molar-refractivity contribution in [3.8, 4) is 0 Å². The van der Waals surface area contributed by atoms with Gasteiger partial charge in [0.15, 0.2) is 0 Å². The Morgan fingerprint density at radius 1 is 1.50 bits per heavy atom. The highest BCUT2D eigenvalue weighted by Gasteiger charge is 2.24. The SMILES string of the molecule is [CH2]N1CCCS1(O)O. The van der Waals surface area contributed by atoms with E-state index < -0.39 is 10.8 Å². The molecule has 0 atom stereocenters. The minimum absolute atomic E-state index is 0.497. The first-order chi connectivity index (χ1) is 3.63. The molecule has 3 nitrogen and oxygen atoms in total. The maximum Gasteiger partial charge on any atom is 0.0543 e. The zero-order chi connectivity index (χ0) is 6.20. The summed E-state index contributed by atoms with van der Waals surface area (Å²) >= 11 is 0. The van der Waals surface area contributed by atoms with Gasteiger partial charge in [-0.15, -0.1) is 10.8 Å². The van der Waals surface area contributed by atoms with Crippen LogP contribution in [0.5, 0.6) is 0 Å². The van der Waals surface area contributed by atoms with Gasteiger partial charge in [-0.1, -0.05) is 0 Å². The van der Waals surface area contributed by atoms with Crippen molar-refractivity contribution in [3.63, 3.8) is 0 Å². The van der Waals surface area contributed by atoms with Crippen molar-refractivity contribution >= 4 is 10.8 Å². The standard InChI is InChI=1S/C4H10NO2S/c1-5-3-2-4-8(5,6)7/h6-7H,1-4H2. The van der Waals surface area contributed by atoms with Gasteiger partial charge in [-0.3, -0.25) is 9.11 Å². The third-order valence-corrected chi connectivity index (χ3v) is 3.09. The van der Waals surface area contributed by atoms with E-state index in [9.17, 15) is 0 Å². The predicted molar refractivity (Wildman–Crippen MR) is 34.4 cm³/mol. The first-order valence-corrected chi connectivity index (χ1v) is 4.14. The van der Waals surface area contributed by atoms with Crippen LogP contribution in [0.1, 0.15) is 6.42 Å². The van der Waals surface area contributed by atoms with Gasteiger partial charge in [0.25, 0.3) is 0 Å². The lowest BCUT2D eigenvalue weighted by atomic mass is 10.5. The van der Waals surface area contributed by atoms with Crippen LogP contribution >= 0.6 is 10.8 Å². The van der Waals surface area contributed by atoms with Gasteiger partial charge >= 0.3 is 0 Å². The molecule has 8 heavy (non-hydrogen) atoms. The Kier molecular flexibility index (Phi) is 1.49. The lowest BCUT2D eigenvalue weighted by Crippen LogP contribution is -2.14. The zero-order valence-electron chi connectivity index (χ0n) is 4.58. The summed E-state index contributed by atoms with van der Waals surface area (Å²) in [7, 11) is 1.06. The van der Waals surface area contributed by atoms with Crippen molar-refractivity contribution < 1.29 is 9.11 Å². The lowest BCUT2D eigenvalue weighted by molar-refractivity contribution is 0.430. The fraction of sp³-hybridized carbons (Fsp3) is 0.750. The molecule has 0 aliphatic carbocycles. The molecule has 0 unspecified atom stereocenters. The van der Waals surface area contributed by atoms with Crippen LogP contribution in [0.25, 0.3) is 0 Å². The Balaban J connectivity index is 2.54. The van der Waals surface area contributed by atoms with Gasteiger partial charge in [0.2, 0.25) is 0 Å². The van der Waals surface area contributed by atoms with E-state index in [0.717, 1.165) is 6.42 Å². The van der Waals surface area contributed by atoms with E-state index in [4.69, 9.17) is 9.11 Å². The molecule has 0 aromatic heterocycles. The molecular weight excluding hydrogens is 126 g/mol. The third-order valence-electron chi connectivity index (χ3n) is 1.24. The van der Waals surface area contributed by atoms with Crippen LogP contribution in [-0.2, 0) is 0 Å². The molecule has 0 bridgehead atoms. The molecule has 1 heterocycles. The van der Waals surface area contributed by atoms with Crippen LogP contribution in [0.15, 0.2) is 0 Å². The van der Waals surface area contributed by atoms with Gasteiger partial charge in [0.1, 0.15) is 0 Å². The van der Waals surface area contributed by atoms with Crippen LogP contribution in [0.3, 0.4) is 0 Å². The molecule has 1 radical (unpaired) electrons. The van der Waals surface area contributed by atoms with Crippen molar-refractivity contribution in [2.24, 2.45) is 0 Å². The fourth-order valence-electron chi connectivity index (χ4n) is 0.710. The first kappa shape index (κ1) is 6.35. The van der Waals surface area contributed by atoms with E-state index in [-0.39, 0.29) is 0 Å². The molecule has 0 aromatic carbocycles. The molecule has 1 fully saturated rings. The van der Waals surface area contributed by atoms with Crippen molar-refractivity contribution in [1.29, 1.82) is 0 Å². The van der Waals surface area contributed by atoms with Gasteiger partial charge in [-0.25, -0.2) is 4.31 Å².